The van der Waals surface area contributed by atoms with Gasteiger partial charge in [-0.3, -0.25) is 0 Å². The standard InChI is InChI=1S/2C28H57O.C4H4O4.2Sn/c2*1-3-5-7-9-11-12-13-14-15-16-17-18-19-20-21-23-25-27-28(29)26-24-22-10-8-6-4-2;5-3(6)1-2-4(7)8;;/h2*28H,3-27H2,1-2H3;1-2H,(H,5,6)(H,7,8);;/q2*-1;;2*+2/p-2/b;;2-1-;;. The first-order valence-corrected chi connectivity index (χ1v) is 35.1. The summed E-state index contributed by atoms with van der Waals surface area (Å²) in [6, 6.07) is 0. The Morgan fingerprint density at radius 1 is 0.279 bits per heavy atom. The Morgan fingerprint density at radius 2 is 0.441 bits per heavy atom. The average Bonchev–Trinajstić information content (AvgIpc) is 3.34. The Morgan fingerprint density at radius 3 is 0.618 bits per heavy atom. The summed E-state index contributed by atoms with van der Waals surface area (Å²) >= 11 is -3.59. The summed E-state index contributed by atoms with van der Waals surface area (Å²) in [5, 5.41) is 0. The fourth-order valence-corrected chi connectivity index (χ4v) is 12.7. The quantitative estimate of drug-likeness (QED) is 0.0343. The van der Waals surface area contributed by atoms with Gasteiger partial charge in [0.15, 0.2) is 0 Å². The van der Waals surface area contributed by atoms with E-state index in [9.17, 15) is 9.59 Å². The number of carbonyl (C=O) groups is 2. The van der Waals surface area contributed by atoms with Gasteiger partial charge in [-0.15, -0.1) is 0 Å². The van der Waals surface area contributed by atoms with Crippen molar-refractivity contribution in [1.82, 2.24) is 0 Å². The normalized spacial score (nSPS) is 12.6. The van der Waals surface area contributed by atoms with E-state index in [2.05, 4.69) is 27.7 Å². The van der Waals surface area contributed by atoms with Crippen LogP contribution in [0.2, 0.25) is 0 Å². The fourth-order valence-electron chi connectivity index (χ4n) is 9.49. The van der Waals surface area contributed by atoms with Gasteiger partial charge in [0.25, 0.3) is 0 Å². The second-order valence-corrected chi connectivity index (χ2v) is 24.3. The van der Waals surface area contributed by atoms with Crippen molar-refractivity contribution >= 4 is 55.9 Å². The Bertz CT molecular complexity index is 948. The predicted octanol–water partition coefficient (Wildman–Crippen LogP) is 20.1. The third kappa shape index (κ3) is 55.5. The zero-order chi connectivity index (χ0) is 49.3. The number of unbranched alkanes of at least 4 members (excludes halogenated alkanes) is 42. The van der Waals surface area contributed by atoms with Crippen LogP contribution in [0.3, 0.4) is 0 Å². The minimum Gasteiger partial charge on any atom is -0.0654 e. The van der Waals surface area contributed by atoms with E-state index < -0.39 is 55.9 Å². The van der Waals surface area contributed by atoms with E-state index in [0.29, 0.717) is 0 Å². The van der Waals surface area contributed by atoms with Crippen LogP contribution in [0.25, 0.3) is 0 Å². The molecule has 2 unspecified atom stereocenters. The Hall–Kier alpha value is 0.197. The zero-order valence-corrected chi connectivity index (χ0v) is 51.8. The van der Waals surface area contributed by atoms with Gasteiger partial charge in [0, 0.05) is 0 Å². The van der Waals surface area contributed by atoms with Crippen LogP contribution in [0.15, 0.2) is 12.2 Å². The topological polar surface area (TPSA) is 71.1 Å². The summed E-state index contributed by atoms with van der Waals surface area (Å²) in [5.41, 5.74) is 0. The molecule has 2 atom stereocenters. The average molecular weight is 1170 g/mol. The molecule has 0 saturated heterocycles. The van der Waals surface area contributed by atoms with Crippen LogP contribution in [0.5, 0.6) is 0 Å². The molecule has 0 heterocycles. The summed E-state index contributed by atoms with van der Waals surface area (Å²) in [4.78, 5) is 25.1. The first-order chi connectivity index (χ1) is 33.6. The van der Waals surface area contributed by atoms with Crippen molar-refractivity contribution in [1.29, 1.82) is 0 Å². The SMILES string of the molecule is CCCCCCCCCCCCCCCCCCCC(CCCCCCCC)[O][Sn][O]C(=O)/C=C\C(=O)[O][Sn][O]C(CCCCCCCC)CCCCCCCCCCCCCCCCCCC. The Balaban J connectivity index is 4.38. The molecule has 0 rings (SSSR count). The molecule has 0 aromatic heterocycles. The molecular weight excluding hydrogens is 1050 g/mol. The van der Waals surface area contributed by atoms with E-state index in [1.54, 1.807) is 0 Å². The van der Waals surface area contributed by atoms with Gasteiger partial charge >= 0.3 is 334 Å². The molecule has 0 aromatic carbocycles. The Kier molecular flexibility index (Phi) is 59.9. The number of hydrogen-bond acceptors (Lipinski definition) is 6. The molecule has 400 valence electrons. The monoisotopic (exact) mass is 1170 g/mol. The van der Waals surface area contributed by atoms with Gasteiger partial charge in [0.05, 0.1) is 0 Å². The summed E-state index contributed by atoms with van der Waals surface area (Å²) in [5.74, 6) is -0.980. The van der Waals surface area contributed by atoms with Crippen LogP contribution in [-0.4, -0.2) is 68.1 Å². The second kappa shape index (κ2) is 59.8. The first kappa shape index (κ1) is 68.2. The number of rotatable bonds is 58. The van der Waals surface area contributed by atoms with Crippen LogP contribution in [0.4, 0.5) is 0 Å². The number of carbonyl (C=O) groups excluding carboxylic acids is 2. The summed E-state index contributed by atoms with van der Waals surface area (Å²) in [6.07, 6.45) is 69.2. The van der Waals surface area contributed by atoms with Gasteiger partial charge in [-0.05, 0) is 0 Å². The molecule has 6 nitrogen and oxygen atoms in total. The van der Waals surface area contributed by atoms with Crippen LogP contribution in [0, 0.1) is 0 Å². The van der Waals surface area contributed by atoms with Gasteiger partial charge in [-0.25, -0.2) is 0 Å². The molecule has 0 N–H and O–H groups in total. The van der Waals surface area contributed by atoms with Crippen molar-refractivity contribution < 1.29 is 21.9 Å². The first-order valence-electron chi connectivity index (χ1n) is 30.5. The fraction of sp³-hybridized carbons (Fsp3) is 0.933. The van der Waals surface area contributed by atoms with E-state index in [0.717, 1.165) is 25.7 Å². The molecule has 0 saturated carbocycles. The molecule has 8 heteroatoms. The van der Waals surface area contributed by atoms with Gasteiger partial charge < -0.3 is 0 Å². The molecule has 0 bridgehead atoms. The third-order valence-electron chi connectivity index (χ3n) is 14.1. The van der Waals surface area contributed by atoms with Gasteiger partial charge in [0.2, 0.25) is 0 Å². The summed E-state index contributed by atoms with van der Waals surface area (Å²) in [6.45, 7) is 9.12. The summed E-state index contributed by atoms with van der Waals surface area (Å²) < 4.78 is 23.7. The minimum absolute atomic E-state index is 0.184. The van der Waals surface area contributed by atoms with E-state index in [4.69, 9.17) is 12.3 Å². The summed E-state index contributed by atoms with van der Waals surface area (Å²) in [7, 11) is 0. The van der Waals surface area contributed by atoms with Crippen LogP contribution in [-0.2, 0) is 21.9 Å². The molecule has 68 heavy (non-hydrogen) atoms. The van der Waals surface area contributed by atoms with Crippen molar-refractivity contribution in [2.24, 2.45) is 0 Å². The van der Waals surface area contributed by atoms with Crippen molar-refractivity contribution in [3.05, 3.63) is 12.2 Å². The number of hydrogen-bond donors (Lipinski definition) is 0. The maximum atomic E-state index is 12.6. The van der Waals surface area contributed by atoms with Crippen molar-refractivity contribution in [3.63, 3.8) is 0 Å². The van der Waals surface area contributed by atoms with Crippen molar-refractivity contribution in [2.45, 2.75) is 361 Å². The van der Waals surface area contributed by atoms with Crippen LogP contribution in [0.1, 0.15) is 349 Å². The van der Waals surface area contributed by atoms with Gasteiger partial charge in [0.1, 0.15) is 0 Å². The molecule has 0 aliphatic carbocycles. The van der Waals surface area contributed by atoms with E-state index in [1.165, 1.54) is 308 Å². The molecule has 0 spiro atoms. The molecule has 0 aliphatic rings. The molecule has 0 fully saturated rings. The van der Waals surface area contributed by atoms with E-state index in [-0.39, 0.29) is 12.2 Å². The van der Waals surface area contributed by atoms with Crippen LogP contribution >= 0.6 is 0 Å². The van der Waals surface area contributed by atoms with E-state index >= 15 is 0 Å². The molecule has 0 amide bonds. The maximum absolute atomic E-state index is 12.6. The van der Waals surface area contributed by atoms with Crippen LogP contribution < -0.4 is 0 Å². The second-order valence-electron chi connectivity index (χ2n) is 20.8. The predicted molar refractivity (Wildman–Crippen MR) is 296 cm³/mol. The zero-order valence-electron chi connectivity index (χ0n) is 46.1. The third-order valence-corrected chi connectivity index (χ3v) is 18.2. The molecule has 0 aromatic rings. The molecule has 4 radical (unpaired) electrons. The van der Waals surface area contributed by atoms with Gasteiger partial charge in [-0.2, -0.15) is 0 Å². The molecule has 0 aliphatic heterocycles. The van der Waals surface area contributed by atoms with Crippen molar-refractivity contribution in [2.75, 3.05) is 0 Å². The van der Waals surface area contributed by atoms with Gasteiger partial charge in [-0.1, -0.05) is 117 Å². The smallest absolute Gasteiger partial charge is 0.0654 e. The Labute approximate surface area is 447 Å². The molecular formula is C60H116O6Sn2. The minimum atomic E-state index is -1.79. The van der Waals surface area contributed by atoms with E-state index in [1.807, 2.05) is 0 Å². The van der Waals surface area contributed by atoms with Crippen molar-refractivity contribution in [3.8, 4) is 0 Å².